The van der Waals surface area contributed by atoms with E-state index in [0.717, 1.165) is 32.7 Å². The zero-order chi connectivity index (χ0) is 12.8. The molecule has 1 aliphatic heterocycles. The Morgan fingerprint density at radius 2 is 2.11 bits per heavy atom. The van der Waals surface area contributed by atoms with Gasteiger partial charge < -0.3 is 14.8 Å². The van der Waals surface area contributed by atoms with Crippen LogP contribution < -0.4 is 5.32 Å². The maximum absolute atomic E-state index is 5.46. The van der Waals surface area contributed by atoms with Gasteiger partial charge in [0.2, 0.25) is 0 Å². The number of ether oxygens (including phenoxy) is 2. The predicted molar refractivity (Wildman–Crippen MR) is 72.5 cm³/mol. The Bertz CT molecular complexity index is 379. The zero-order valence-corrected chi connectivity index (χ0v) is 11.4. The number of nitrogens with one attached hydrogen (secondary N) is 1. The van der Waals surface area contributed by atoms with E-state index in [4.69, 9.17) is 9.47 Å². The number of rotatable bonds is 7. The van der Waals surface area contributed by atoms with Gasteiger partial charge in [-0.1, -0.05) is 18.2 Å². The third kappa shape index (κ3) is 3.31. The average molecular weight is 249 g/mol. The van der Waals surface area contributed by atoms with Gasteiger partial charge in [-0.2, -0.15) is 0 Å². The van der Waals surface area contributed by atoms with Crippen molar-refractivity contribution in [3.05, 3.63) is 34.9 Å². The number of hydrogen-bond donors (Lipinski definition) is 1. The third-order valence-electron chi connectivity index (χ3n) is 3.59. The molecule has 3 heteroatoms. The monoisotopic (exact) mass is 249 g/mol. The van der Waals surface area contributed by atoms with Crippen molar-refractivity contribution in [2.45, 2.75) is 38.5 Å². The second-order valence-corrected chi connectivity index (χ2v) is 4.85. The summed E-state index contributed by atoms with van der Waals surface area (Å²) in [4.78, 5) is 0. The molecule has 0 bridgehead atoms. The second kappa shape index (κ2) is 6.88. The Kier molecular flexibility index (Phi) is 5.17. The van der Waals surface area contributed by atoms with E-state index in [0.29, 0.717) is 6.04 Å². The van der Waals surface area contributed by atoms with E-state index in [-0.39, 0.29) is 0 Å². The summed E-state index contributed by atoms with van der Waals surface area (Å²) in [5, 5.41) is 3.40. The lowest BCUT2D eigenvalue weighted by atomic mass is 9.97. The summed E-state index contributed by atoms with van der Waals surface area (Å²) in [6.45, 7) is 2.39. The number of benzene rings is 1. The topological polar surface area (TPSA) is 30.5 Å². The summed E-state index contributed by atoms with van der Waals surface area (Å²) in [6.07, 6.45) is 3.47. The van der Waals surface area contributed by atoms with Gasteiger partial charge in [0, 0.05) is 19.8 Å². The van der Waals surface area contributed by atoms with Crippen LogP contribution in [0.25, 0.3) is 0 Å². The van der Waals surface area contributed by atoms with E-state index >= 15 is 0 Å². The van der Waals surface area contributed by atoms with Crippen LogP contribution in [0.1, 0.15) is 42.0 Å². The van der Waals surface area contributed by atoms with E-state index in [9.17, 15) is 0 Å². The van der Waals surface area contributed by atoms with Crippen LogP contribution in [0.3, 0.4) is 0 Å². The Hall–Kier alpha value is -0.900. The first-order chi connectivity index (χ1) is 8.85. The maximum Gasteiger partial charge on any atom is 0.0725 e. The molecule has 0 spiro atoms. The molecule has 1 aliphatic rings. The highest BCUT2D eigenvalue weighted by molar-refractivity contribution is 5.34. The van der Waals surface area contributed by atoms with Crippen LogP contribution in [-0.2, 0) is 22.7 Å². The first-order valence-electron chi connectivity index (χ1n) is 6.71. The molecular weight excluding hydrogens is 226 g/mol. The minimum atomic E-state index is 0.438. The quantitative estimate of drug-likeness (QED) is 0.754. The largest absolute Gasteiger partial charge is 0.385 e. The molecule has 1 atom stereocenters. The lowest BCUT2D eigenvalue weighted by molar-refractivity contribution is 0.134. The second-order valence-electron chi connectivity index (χ2n) is 4.85. The molecular formula is C15H23NO2. The van der Waals surface area contributed by atoms with Crippen molar-refractivity contribution >= 4 is 0 Å². The van der Waals surface area contributed by atoms with Gasteiger partial charge in [0.05, 0.1) is 13.2 Å². The molecule has 1 unspecified atom stereocenters. The van der Waals surface area contributed by atoms with Gasteiger partial charge in [-0.05, 0) is 43.0 Å². The van der Waals surface area contributed by atoms with E-state index in [1.807, 2.05) is 7.05 Å². The van der Waals surface area contributed by atoms with Crippen molar-refractivity contribution in [2.24, 2.45) is 0 Å². The molecule has 1 aromatic carbocycles. The molecule has 0 aromatic heterocycles. The molecule has 0 aliphatic carbocycles. The van der Waals surface area contributed by atoms with Crippen LogP contribution in [0.5, 0.6) is 0 Å². The van der Waals surface area contributed by atoms with Gasteiger partial charge in [-0.3, -0.25) is 0 Å². The fraction of sp³-hybridized carbons (Fsp3) is 0.600. The fourth-order valence-electron chi connectivity index (χ4n) is 2.48. The molecule has 0 radical (unpaired) electrons. The summed E-state index contributed by atoms with van der Waals surface area (Å²) >= 11 is 0. The Morgan fingerprint density at radius 3 is 2.89 bits per heavy atom. The average Bonchev–Trinajstić information content (AvgIpc) is 2.86. The van der Waals surface area contributed by atoms with Crippen molar-refractivity contribution in [1.82, 2.24) is 5.32 Å². The van der Waals surface area contributed by atoms with Gasteiger partial charge in [0.15, 0.2) is 0 Å². The summed E-state index contributed by atoms with van der Waals surface area (Å²) in [5.74, 6) is 0. The lowest BCUT2D eigenvalue weighted by Crippen LogP contribution is -2.16. The first-order valence-corrected chi connectivity index (χ1v) is 6.71. The van der Waals surface area contributed by atoms with Crippen molar-refractivity contribution in [2.75, 3.05) is 20.8 Å². The Balaban J connectivity index is 1.94. The van der Waals surface area contributed by atoms with Crippen molar-refractivity contribution in [3.8, 4) is 0 Å². The molecule has 1 heterocycles. The lowest BCUT2D eigenvalue weighted by Gasteiger charge is -2.17. The van der Waals surface area contributed by atoms with Crippen molar-refractivity contribution in [1.29, 1.82) is 0 Å². The molecule has 18 heavy (non-hydrogen) atoms. The Morgan fingerprint density at radius 1 is 1.28 bits per heavy atom. The fourth-order valence-corrected chi connectivity index (χ4v) is 2.48. The van der Waals surface area contributed by atoms with Crippen LogP contribution in [0.4, 0.5) is 0 Å². The smallest absolute Gasteiger partial charge is 0.0725 e. The highest BCUT2D eigenvalue weighted by atomic mass is 16.5. The van der Waals surface area contributed by atoms with Crippen LogP contribution in [0.2, 0.25) is 0 Å². The third-order valence-corrected chi connectivity index (χ3v) is 3.59. The van der Waals surface area contributed by atoms with Crippen molar-refractivity contribution in [3.63, 3.8) is 0 Å². The molecule has 2 rings (SSSR count). The highest BCUT2D eigenvalue weighted by Gasteiger charge is 2.15. The predicted octanol–water partition coefficient (Wildman–Crippen LogP) is 2.79. The van der Waals surface area contributed by atoms with Crippen LogP contribution >= 0.6 is 0 Å². The van der Waals surface area contributed by atoms with Crippen LogP contribution in [0.15, 0.2) is 18.2 Å². The summed E-state index contributed by atoms with van der Waals surface area (Å²) in [6, 6.07) is 7.16. The van der Waals surface area contributed by atoms with Gasteiger partial charge in [0.1, 0.15) is 0 Å². The molecule has 0 fully saturated rings. The molecule has 0 saturated carbocycles. The molecule has 0 saturated heterocycles. The van der Waals surface area contributed by atoms with E-state index in [2.05, 4.69) is 23.5 Å². The van der Waals surface area contributed by atoms with E-state index in [1.165, 1.54) is 23.1 Å². The first kappa shape index (κ1) is 13.5. The van der Waals surface area contributed by atoms with Gasteiger partial charge in [-0.25, -0.2) is 0 Å². The molecule has 100 valence electrons. The van der Waals surface area contributed by atoms with Crippen LogP contribution in [0, 0.1) is 0 Å². The zero-order valence-electron chi connectivity index (χ0n) is 11.4. The minimum Gasteiger partial charge on any atom is -0.385 e. The summed E-state index contributed by atoms with van der Waals surface area (Å²) < 4.78 is 10.5. The summed E-state index contributed by atoms with van der Waals surface area (Å²) in [5.41, 5.74) is 4.07. The number of unbranched alkanes of at least 4 members (excludes halogenated alkanes) is 1. The number of hydrogen-bond acceptors (Lipinski definition) is 3. The SMILES string of the molecule is CNC(CCCCOC)c1ccc2c(c1)COC2. The van der Waals surface area contributed by atoms with Gasteiger partial charge >= 0.3 is 0 Å². The molecule has 0 amide bonds. The van der Waals surface area contributed by atoms with Crippen molar-refractivity contribution < 1.29 is 9.47 Å². The normalized spacial score (nSPS) is 15.7. The maximum atomic E-state index is 5.46. The van der Waals surface area contributed by atoms with Crippen LogP contribution in [-0.4, -0.2) is 20.8 Å². The Labute approximate surface area is 109 Å². The number of methoxy groups -OCH3 is 1. The standard InChI is InChI=1S/C15H23NO2/c1-16-15(5-3-4-8-17-2)12-6-7-13-10-18-11-14(13)9-12/h6-7,9,15-16H,3-5,8,10-11H2,1-2H3. The van der Waals surface area contributed by atoms with Gasteiger partial charge in [-0.15, -0.1) is 0 Å². The molecule has 1 N–H and O–H groups in total. The van der Waals surface area contributed by atoms with Gasteiger partial charge in [0.25, 0.3) is 0 Å². The highest BCUT2D eigenvalue weighted by Crippen LogP contribution is 2.26. The molecule has 3 nitrogen and oxygen atoms in total. The number of fused-ring (bicyclic) bond motifs is 1. The van der Waals surface area contributed by atoms with E-state index in [1.54, 1.807) is 7.11 Å². The minimum absolute atomic E-state index is 0.438. The van der Waals surface area contributed by atoms with E-state index < -0.39 is 0 Å². The summed E-state index contributed by atoms with van der Waals surface area (Å²) in [7, 11) is 3.79. The molecule has 1 aromatic rings.